The molecule has 26 heavy (non-hydrogen) atoms. The van der Waals surface area contributed by atoms with Crippen molar-refractivity contribution in [1.29, 1.82) is 5.26 Å². The molecule has 1 aliphatic heterocycles. The summed E-state index contributed by atoms with van der Waals surface area (Å²) in [5.41, 5.74) is 0.917. The SMILES string of the molecule is CS(=O)(=O)Nc1ccc(C(=O)N2CCC(CNC(=O)CC#N)CC2)cc1. The molecule has 0 radical (unpaired) electrons. The fraction of sp³-hybridized carbons (Fsp3) is 0.471. The number of nitriles is 1. The van der Waals surface area contributed by atoms with Crippen LogP contribution in [0, 0.1) is 17.2 Å². The van der Waals surface area contributed by atoms with E-state index in [9.17, 15) is 18.0 Å². The lowest BCUT2D eigenvalue weighted by molar-refractivity contribution is -0.120. The van der Waals surface area contributed by atoms with E-state index in [4.69, 9.17) is 5.26 Å². The number of likely N-dealkylation sites (tertiary alicyclic amines) is 1. The van der Waals surface area contributed by atoms with Gasteiger partial charge in [0.25, 0.3) is 5.91 Å². The monoisotopic (exact) mass is 378 g/mol. The van der Waals surface area contributed by atoms with Crippen LogP contribution in [0.5, 0.6) is 0 Å². The molecule has 2 rings (SSSR count). The zero-order valence-electron chi connectivity index (χ0n) is 14.6. The van der Waals surface area contributed by atoms with Crippen molar-refractivity contribution in [3.05, 3.63) is 29.8 Å². The predicted molar refractivity (Wildman–Crippen MR) is 96.8 cm³/mol. The van der Waals surface area contributed by atoms with E-state index in [1.54, 1.807) is 29.2 Å². The summed E-state index contributed by atoms with van der Waals surface area (Å²) in [6.45, 7) is 1.72. The lowest BCUT2D eigenvalue weighted by Gasteiger charge is -2.32. The minimum Gasteiger partial charge on any atom is -0.355 e. The summed E-state index contributed by atoms with van der Waals surface area (Å²) in [4.78, 5) is 25.6. The second-order valence-corrected chi connectivity index (χ2v) is 8.07. The Morgan fingerprint density at radius 1 is 1.23 bits per heavy atom. The second kappa shape index (κ2) is 8.67. The third kappa shape index (κ3) is 6.04. The molecule has 0 unspecified atom stereocenters. The van der Waals surface area contributed by atoms with Gasteiger partial charge in [-0.05, 0) is 43.0 Å². The molecule has 9 heteroatoms. The summed E-state index contributed by atoms with van der Waals surface area (Å²) < 4.78 is 24.8. The molecule has 2 amide bonds. The molecule has 0 aliphatic carbocycles. The van der Waals surface area contributed by atoms with E-state index in [-0.39, 0.29) is 18.2 Å². The highest BCUT2D eigenvalue weighted by Crippen LogP contribution is 2.19. The molecule has 0 atom stereocenters. The highest BCUT2D eigenvalue weighted by Gasteiger charge is 2.24. The van der Waals surface area contributed by atoms with Crippen LogP contribution in [-0.4, -0.2) is 51.0 Å². The molecule has 0 spiro atoms. The van der Waals surface area contributed by atoms with Gasteiger partial charge in [0, 0.05) is 30.9 Å². The number of carbonyl (C=O) groups excluding carboxylic acids is 2. The van der Waals surface area contributed by atoms with Crippen LogP contribution in [0.15, 0.2) is 24.3 Å². The predicted octanol–water partition coefficient (Wildman–Crippen LogP) is 0.940. The molecule has 1 aromatic carbocycles. The number of hydrogen-bond donors (Lipinski definition) is 2. The second-order valence-electron chi connectivity index (χ2n) is 6.33. The summed E-state index contributed by atoms with van der Waals surface area (Å²) in [5.74, 6) is -0.0697. The van der Waals surface area contributed by atoms with Crippen molar-refractivity contribution < 1.29 is 18.0 Å². The van der Waals surface area contributed by atoms with Crippen LogP contribution in [0.25, 0.3) is 0 Å². The quantitative estimate of drug-likeness (QED) is 0.763. The minimum atomic E-state index is -3.35. The van der Waals surface area contributed by atoms with Gasteiger partial charge in [0.15, 0.2) is 0 Å². The lowest BCUT2D eigenvalue weighted by Crippen LogP contribution is -2.41. The maximum absolute atomic E-state index is 12.5. The highest BCUT2D eigenvalue weighted by atomic mass is 32.2. The van der Waals surface area contributed by atoms with Crippen LogP contribution >= 0.6 is 0 Å². The number of nitrogens with zero attached hydrogens (tertiary/aromatic N) is 2. The highest BCUT2D eigenvalue weighted by molar-refractivity contribution is 7.92. The van der Waals surface area contributed by atoms with Crippen molar-refractivity contribution in [3.63, 3.8) is 0 Å². The fourth-order valence-electron chi connectivity index (χ4n) is 2.81. The van der Waals surface area contributed by atoms with Gasteiger partial charge in [-0.2, -0.15) is 5.26 Å². The van der Waals surface area contributed by atoms with E-state index in [0.29, 0.717) is 36.8 Å². The Hall–Kier alpha value is -2.60. The Bertz CT molecular complexity index is 791. The number of carbonyl (C=O) groups is 2. The van der Waals surface area contributed by atoms with Crippen LogP contribution < -0.4 is 10.0 Å². The Balaban J connectivity index is 1.84. The molecule has 1 saturated heterocycles. The summed E-state index contributed by atoms with van der Waals surface area (Å²) in [5, 5.41) is 11.2. The normalized spacial score (nSPS) is 15.2. The van der Waals surface area contributed by atoms with Crippen molar-refractivity contribution in [1.82, 2.24) is 10.2 Å². The molecule has 1 heterocycles. The van der Waals surface area contributed by atoms with E-state index >= 15 is 0 Å². The first kappa shape index (κ1) is 19.7. The van der Waals surface area contributed by atoms with Crippen molar-refractivity contribution in [3.8, 4) is 6.07 Å². The standard InChI is InChI=1S/C17H22N4O4S/c1-26(24,25)20-15-4-2-14(3-5-15)17(23)21-10-7-13(8-11-21)12-19-16(22)6-9-18/h2-5,13,20H,6-8,10-12H2,1H3,(H,19,22). The van der Waals surface area contributed by atoms with Crippen LogP contribution in [0.4, 0.5) is 5.69 Å². The molecule has 1 fully saturated rings. The Morgan fingerprint density at radius 3 is 2.38 bits per heavy atom. The minimum absolute atomic E-state index is 0.0946. The Kier molecular flexibility index (Phi) is 6.58. The average Bonchev–Trinajstić information content (AvgIpc) is 2.59. The maximum atomic E-state index is 12.5. The zero-order valence-corrected chi connectivity index (χ0v) is 15.4. The molecule has 1 aliphatic rings. The summed E-state index contributed by atoms with van der Waals surface area (Å²) in [7, 11) is -3.35. The van der Waals surface area contributed by atoms with Gasteiger partial charge in [-0.25, -0.2) is 8.42 Å². The summed E-state index contributed by atoms with van der Waals surface area (Å²) >= 11 is 0. The largest absolute Gasteiger partial charge is 0.355 e. The molecule has 2 N–H and O–H groups in total. The molecule has 0 saturated carbocycles. The molecule has 1 aromatic rings. The number of benzene rings is 1. The number of nitrogens with one attached hydrogen (secondary N) is 2. The number of hydrogen-bond acceptors (Lipinski definition) is 5. The lowest BCUT2D eigenvalue weighted by atomic mass is 9.96. The van der Waals surface area contributed by atoms with Gasteiger partial charge in [0.2, 0.25) is 15.9 Å². The van der Waals surface area contributed by atoms with E-state index in [1.807, 2.05) is 6.07 Å². The summed E-state index contributed by atoms with van der Waals surface area (Å²) in [6.07, 6.45) is 2.50. The molecule has 0 aromatic heterocycles. The first-order valence-corrected chi connectivity index (χ1v) is 10.2. The fourth-order valence-corrected chi connectivity index (χ4v) is 3.37. The maximum Gasteiger partial charge on any atom is 0.253 e. The first-order valence-electron chi connectivity index (χ1n) is 8.29. The Morgan fingerprint density at radius 2 is 1.85 bits per heavy atom. The summed E-state index contributed by atoms with van der Waals surface area (Å²) in [6, 6.07) is 8.13. The van der Waals surface area contributed by atoms with Crippen LogP contribution in [0.3, 0.4) is 0 Å². The average molecular weight is 378 g/mol. The van der Waals surface area contributed by atoms with Crippen molar-refractivity contribution >= 4 is 27.5 Å². The third-order valence-electron chi connectivity index (χ3n) is 4.16. The van der Waals surface area contributed by atoms with E-state index in [1.165, 1.54) is 0 Å². The van der Waals surface area contributed by atoms with Gasteiger partial charge < -0.3 is 10.2 Å². The number of piperidine rings is 1. The number of amides is 2. The van der Waals surface area contributed by atoms with E-state index < -0.39 is 10.0 Å². The van der Waals surface area contributed by atoms with E-state index in [0.717, 1.165) is 19.1 Å². The first-order chi connectivity index (χ1) is 12.3. The smallest absolute Gasteiger partial charge is 0.253 e. The van der Waals surface area contributed by atoms with Crippen LogP contribution in [0.2, 0.25) is 0 Å². The molecular formula is C17H22N4O4S. The number of rotatable bonds is 6. The zero-order chi connectivity index (χ0) is 19.2. The van der Waals surface area contributed by atoms with Gasteiger partial charge in [0.1, 0.15) is 6.42 Å². The molecule has 140 valence electrons. The van der Waals surface area contributed by atoms with Crippen LogP contribution in [-0.2, 0) is 14.8 Å². The van der Waals surface area contributed by atoms with Gasteiger partial charge in [0.05, 0.1) is 12.3 Å². The molecule has 8 nitrogen and oxygen atoms in total. The van der Waals surface area contributed by atoms with E-state index in [2.05, 4.69) is 10.0 Å². The van der Waals surface area contributed by atoms with Crippen LogP contribution in [0.1, 0.15) is 29.6 Å². The molecule has 0 bridgehead atoms. The van der Waals surface area contributed by atoms with Gasteiger partial charge in [-0.15, -0.1) is 0 Å². The third-order valence-corrected chi connectivity index (χ3v) is 4.77. The van der Waals surface area contributed by atoms with Crippen molar-refractivity contribution in [2.24, 2.45) is 5.92 Å². The van der Waals surface area contributed by atoms with Gasteiger partial charge in [-0.3, -0.25) is 14.3 Å². The van der Waals surface area contributed by atoms with Crippen molar-refractivity contribution in [2.75, 3.05) is 30.6 Å². The number of anilines is 1. The molecular weight excluding hydrogens is 356 g/mol. The number of sulfonamides is 1. The van der Waals surface area contributed by atoms with Gasteiger partial charge >= 0.3 is 0 Å². The van der Waals surface area contributed by atoms with Gasteiger partial charge in [-0.1, -0.05) is 0 Å². The topological polar surface area (TPSA) is 119 Å². The Labute approximate surface area is 153 Å². The van der Waals surface area contributed by atoms with Crippen molar-refractivity contribution in [2.45, 2.75) is 19.3 Å².